The Morgan fingerprint density at radius 1 is 0.467 bits per heavy atom. The molecule has 3 atom stereocenters. The van der Waals surface area contributed by atoms with Crippen molar-refractivity contribution in [1.29, 1.82) is 0 Å². The van der Waals surface area contributed by atoms with E-state index < -0.39 is 26.6 Å². The Morgan fingerprint density at radius 2 is 0.813 bits per heavy atom. The molecule has 0 saturated carbocycles. The number of nitrogens with zero attached hydrogens (tertiary/aromatic N) is 1. The number of rotatable bonds is 56. The maximum atomic E-state index is 13.5. The molecule has 0 bridgehead atoms. The van der Waals surface area contributed by atoms with Crippen LogP contribution in [0.5, 0.6) is 0 Å². The van der Waals surface area contributed by atoms with E-state index in [0.29, 0.717) is 17.4 Å². The minimum absolute atomic E-state index is 0.0274. The van der Waals surface area contributed by atoms with E-state index in [-0.39, 0.29) is 24.9 Å². The first-order chi connectivity index (χ1) is 36.4. The van der Waals surface area contributed by atoms with Gasteiger partial charge in [-0.2, -0.15) is 0 Å². The summed E-state index contributed by atoms with van der Waals surface area (Å²) in [5.41, 5.74) is 0. The molecule has 9 nitrogen and oxygen atoms in total. The molecule has 0 saturated heterocycles. The van der Waals surface area contributed by atoms with E-state index in [1.807, 2.05) is 33.3 Å². The third kappa shape index (κ3) is 56.0. The first-order valence-electron chi connectivity index (χ1n) is 31.2. The summed E-state index contributed by atoms with van der Waals surface area (Å²) in [5.74, 6) is -0.557. The number of quaternary nitrogens is 1. The van der Waals surface area contributed by atoms with Crippen LogP contribution in [0, 0.1) is 0 Å². The average molecular weight is 1070 g/mol. The largest absolute Gasteiger partial charge is 0.756 e. The molecule has 1 amide bonds. The molecule has 0 aromatic heterocycles. The quantitative estimate of drug-likeness (QED) is 0.0212. The van der Waals surface area contributed by atoms with Crippen molar-refractivity contribution in [3.63, 3.8) is 0 Å². The summed E-state index contributed by atoms with van der Waals surface area (Å²) in [6.45, 7) is 6.79. The number of hydrogen-bond acceptors (Lipinski definition) is 7. The molecule has 0 fully saturated rings. The standard InChI is InChI=1S/C65H119N2O7P/c1-7-10-13-16-19-22-25-27-29-30-31-32-33-34-35-36-38-39-42-45-48-51-54-57-64(68)66-62(61-73-75(70,71)72-60-59-67(4,5)6)63(56-53-50-47-44-41-24-21-18-15-12-9-3)74-65(69)58-55-52-49-46-43-40-37-28-26-23-20-17-14-11-8-2/h19,22-23,26-27,29,31-32,34-35,53,56,62-63H,7-18,20-21,24-25,28,30,33,36-52,54-55,57-61H2,1-6H3,(H-,66,68,70,71)/b22-19-,26-23-,29-27-,32-31-,35-34-,56-53-. The molecular weight excluding hydrogens is 952 g/mol. The SMILES string of the molecule is CCCCC/C=C\C/C=C\C/C=C\C/C=C\CCCCCCCCCC(=O)NC(COP(=O)([O-])OCC[N+](C)(C)C)C(/C=C\CCCCCCCCCCC)OC(=O)CCCCCCCCC/C=C\CCCCCC. The molecule has 0 aliphatic carbocycles. The molecule has 3 unspecified atom stereocenters. The summed E-state index contributed by atoms with van der Waals surface area (Å²) >= 11 is 0. The van der Waals surface area contributed by atoms with Crippen molar-refractivity contribution >= 4 is 19.7 Å². The molecule has 0 aromatic rings. The molecule has 75 heavy (non-hydrogen) atoms. The fourth-order valence-electron chi connectivity index (χ4n) is 8.74. The summed E-state index contributed by atoms with van der Waals surface area (Å²) in [7, 11) is 1.17. The van der Waals surface area contributed by atoms with Gasteiger partial charge in [0.05, 0.1) is 33.8 Å². The predicted molar refractivity (Wildman–Crippen MR) is 321 cm³/mol. The van der Waals surface area contributed by atoms with Gasteiger partial charge in [-0.1, -0.05) is 235 Å². The Labute approximate surface area is 463 Å². The first kappa shape index (κ1) is 72.5. The van der Waals surface area contributed by atoms with Crippen LogP contribution in [0.2, 0.25) is 0 Å². The van der Waals surface area contributed by atoms with Crippen LogP contribution in [0.25, 0.3) is 0 Å². The molecule has 10 heteroatoms. The lowest BCUT2D eigenvalue weighted by Gasteiger charge is -2.30. The summed E-state index contributed by atoms with van der Waals surface area (Å²) in [6, 6.07) is -0.898. The number of amides is 1. The van der Waals surface area contributed by atoms with Gasteiger partial charge in [0.1, 0.15) is 19.3 Å². The second-order valence-electron chi connectivity index (χ2n) is 22.2. The maximum absolute atomic E-state index is 13.5. The van der Waals surface area contributed by atoms with Gasteiger partial charge in [-0.15, -0.1) is 0 Å². The second-order valence-corrected chi connectivity index (χ2v) is 23.6. The number of carbonyl (C=O) groups excluding carboxylic acids is 2. The molecule has 0 aliphatic heterocycles. The Balaban J connectivity index is 5.20. The van der Waals surface area contributed by atoms with E-state index in [2.05, 4.69) is 86.8 Å². The van der Waals surface area contributed by atoms with E-state index in [1.54, 1.807) is 0 Å². The lowest BCUT2D eigenvalue weighted by molar-refractivity contribution is -0.870. The maximum Gasteiger partial charge on any atom is 0.306 e. The van der Waals surface area contributed by atoms with Crippen LogP contribution in [0.4, 0.5) is 0 Å². The third-order valence-corrected chi connectivity index (χ3v) is 14.6. The van der Waals surface area contributed by atoms with Gasteiger partial charge in [0.15, 0.2) is 0 Å². The molecule has 0 radical (unpaired) electrons. The highest BCUT2D eigenvalue weighted by atomic mass is 31.2. The van der Waals surface area contributed by atoms with Crippen LogP contribution in [-0.2, 0) is 27.9 Å². The molecular formula is C65H119N2O7P. The van der Waals surface area contributed by atoms with Crippen molar-refractivity contribution < 1.29 is 37.3 Å². The van der Waals surface area contributed by atoms with Gasteiger partial charge in [-0.3, -0.25) is 14.2 Å². The fraction of sp³-hybridized carbons (Fsp3) is 0.785. The Bertz CT molecular complexity index is 1510. The monoisotopic (exact) mass is 1070 g/mol. The predicted octanol–water partition coefficient (Wildman–Crippen LogP) is 18.6. The number of likely N-dealkylation sites (N-methyl/N-ethyl adjacent to an activating group) is 1. The van der Waals surface area contributed by atoms with Gasteiger partial charge in [0, 0.05) is 12.8 Å². The molecule has 0 rings (SSSR count). The topological polar surface area (TPSA) is 114 Å². The Kier molecular flexibility index (Phi) is 52.9. The number of ether oxygens (including phenoxy) is 1. The van der Waals surface area contributed by atoms with E-state index in [9.17, 15) is 19.0 Å². The van der Waals surface area contributed by atoms with Gasteiger partial charge in [0.2, 0.25) is 5.91 Å². The number of hydrogen-bond donors (Lipinski definition) is 1. The summed E-state index contributed by atoms with van der Waals surface area (Å²) < 4.78 is 30.3. The highest BCUT2D eigenvalue weighted by Crippen LogP contribution is 2.38. The van der Waals surface area contributed by atoms with Crippen molar-refractivity contribution in [2.24, 2.45) is 0 Å². The number of unbranched alkanes of at least 4 members (excludes halogenated alkanes) is 30. The minimum Gasteiger partial charge on any atom is -0.756 e. The lowest BCUT2D eigenvalue weighted by Crippen LogP contribution is -2.47. The van der Waals surface area contributed by atoms with Crippen molar-refractivity contribution in [1.82, 2.24) is 5.32 Å². The van der Waals surface area contributed by atoms with Crippen molar-refractivity contribution in [3.05, 3.63) is 72.9 Å². The highest BCUT2D eigenvalue weighted by molar-refractivity contribution is 7.45. The van der Waals surface area contributed by atoms with E-state index >= 15 is 0 Å². The summed E-state index contributed by atoms with van der Waals surface area (Å²) in [4.78, 5) is 39.9. The summed E-state index contributed by atoms with van der Waals surface area (Å²) in [5, 5.41) is 3.02. The number of esters is 1. The van der Waals surface area contributed by atoms with Gasteiger partial charge in [-0.05, 0) is 102 Å². The first-order valence-corrected chi connectivity index (χ1v) is 32.7. The average Bonchev–Trinajstić information content (AvgIpc) is 3.37. The van der Waals surface area contributed by atoms with Crippen molar-refractivity contribution in [2.45, 2.75) is 290 Å². The molecule has 0 heterocycles. The zero-order chi connectivity index (χ0) is 55.0. The minimum atomic E-state index is -4.70. The molecule has 436 valence electrons. The van der Waals surface area contributed by atoms with Crippen LogP contribution < -0.4 is 10.2 Å². The van der Waals surface area contributed by atoms with Crippen LogP contribution in [0.1, 0.15) is 278 Å². The molecule has 1 N–H and O–H groups in total. The number of carbonyl (C=O) groups is 2. The van der Waals surface area contributed by atoms with Crippen LogP contribution in [-0.4, -0.2) is 69.4 Å². The van der Waals surface area contributed by atoms with Gasteiger partial charge >= 0.3 is 5.97 Å². The highest BCUT2D eigenvalue weighted by Gasteiger charge is 2.27. The Morgan fingerprint density at radius 3 is 1.27 bits per heavy atom. The molecule has 0 spiro atoms. The zero-order valence-electron chi connectivity index (χ0n) is 49.7. The third-order valence-electron chi connectivity index (χ3n) is 13.6. The van der Waals surface area contributed by atoms with E-state index in [4.69, 9.17) is 13.8 Å². The van der Waals surface area contributed by atoms with Crippen molar-refractivity contribution in [3.8, 4) is 0 Å². The number of allylic oxidation sites excluding steroid dienone is 11. The molecule has 0 aromatic carbocycles. The fourth-order valence-corrected chi connectivity index (χ4v) is 9.46. The number of phosphoric ester groups is 1. The van der Waals surface area contributed by atoms with Crippen LogP contribution >= 0.6 is 7.82 Å². The van der Waals surface area contributed by atoms with Gasteiger partial charge < -0.3 is 28.5 Å². The van der Waals surface area contributed by atoms with Crippen LogP contribution in [0.3, 0.4) is 0 Å². The summed E-state index contributed by atoms with van der Waals surface area (Å²) in [6.07, 6.45) is 70.1. The number of phosphoric acid groups is 1. The van der Waals surface area contributed by atoms with E-state index in [1.165, 1.54) is 141 Å². The Hall–Kier alpha value is -2.55. The normalized spacial score (nSPS) is 14.2. The lowest BCUT2D eigenvalue weighted by atomic mass is 10.1. The number of nitrogens with one attached hydrogen (secondary N) is 1. The van der Waals surface area contributed by atoms with E-state index in [0.717, 1.165) is 103 Å². The van der Waals surface area contributed by atoms with Crippen molar-refractivity contribution in [2.75, 3.05) is 40.9 Å². The van der Waals surface area contributed by atoms with Gasteiger partial charge in [-0.25, -0.2) is 0 Å². The smallest absolute Gasteiger partial charge is 0.306 e. The van der Waals surface area contributed by atoms with Crippen LogP contribution in [0.15, 0.2) is 72.9 Å². The zero-order valence-corrected chi connectivity index (χ0v) is 50.6. The molecule has 0 aliphatic rings. The van der Waals surface area contributed by atoms with Gasteiger partial charge in [0.25, 0.3) is 7.82 Å². The second kappa shape index (κ2) is 54.8.